The van der Waals surface area contributed by atoms with Crippen LogP contribution >= 0.6 is 15.9 Å². The molecule has 1 atom stereocenters. The molecule has 1 rings (SSSR count). The second-order valence-corrected chi connectivity index (χ2v) is 3.54. The van der Waals surface area contributed by atoms with Gasteiger partial charge in [0.05, 0.1) is 6.61 Å². The molecule has 0 fully saturated rings. The minimum atomic E-state index is -1.01. The number of aliphatic hydroxyl groups excluding tert-OH is 1. The summed E-state index contributed by atoms with van der Waals surface area (Å²) in [6, 6.07) is 6.86. The Hall–Kier alpha value is -0.870. The molecule has 1 aromatic rings. The monoisotopic (exact) mass is 244 g/mol. The van der Waals surface area contributed by atoms with Crippen LogP contribution in [0.4, 0.5) is 0 Å². The maximum atomic E-state index is 10.6. The molecule has 0 unspecified atom stereocenters. The number of carbonyl (C=O) groups is 1. The van der Waals surface area contributed by atoms with Crippen molar-refractivity contribution in [3.63, 3.8) is 0 Å². The summed E-state index contributed by atoms with van der Waals surface area (Å²) in [6.45, 7) is -0.378. The number of hydrogen-bond donors (Lipinski definition) is 2. The number of halogens is 1. The van der Waals surface area contributed by atoms with Crippen molar-refractivity contribution in [3.05, 3.63) is 34.3 Å². The van der Waals surface area contributed by atoms with Crippen LogP contribution in [0.5, 0.6) is 0 Å². The van der Waals surface area contributed by atoms with Crippen molar-refractivity contribution < 1.29 is 15.0 Å². The van der Waals surface area contributed by atoms with Crippen molar-refractivity contribution in [2.45, 2.75) is 5.92 Å². The Labute approximate surface area is 84.1 Å². The highest BCUT2D eigenvalue weighted by molar-refractivity contribution is 9.10. The summed E-state index contributed by atoms with van der Waals surface area (Å²) in [5, 5.41) is 17.6. The molecule has 0 radical (unpaired) electrons. The van der Waals surface area contributed by atoms with Crippen LogP contribution in [0.25, 0.3) is 0 Å². The van der Waals surface area contributed by atoms with Gasteiger partial charge in [0.1, 0.15) is 5.92 Å². The van der Waals surface area contributed by atoms with E-state index >= 15 is 0 Å². The zero-order chi connectivity index (χ0) is 9.84. The van der Waals surface area contributed by atoms with Crippen LogP contribution in [-0.4, -0.2) is 22.8 Å². The maximum absolute atomic E-state index is 10.6. The van der Waals surface area contributed by atoms with Gasteiger partial charge in [0.15, 0.2) is 0 Å². The van der Waals surface area contributed by atoms with E-state index in [1.54, 1.807) is 24.3 Å². The summed E-state index contributed by atoms with van der Waals surface area (Å²) in [6.07, 6.45) is 0. The van der Waals surface area contributed by atoms with E-state index in [1.165, 1.54) is 0 Å². The zero-order valence-electron chi connectivity index (χ0n) is 6.77. The number of carboxylic acid groups (broad SMARTS) is 1. The average molecular weight is 245 g/mol. The van der Waals surface area contributed by atoms with Gasteiger partial charge in [0.25, 0.3) is 0 Å². The van der Waals surface area contributed by atoms with Crippen LogP contribution in [0.1, 0.15) is 11.5 Å². The van der Waals surface area contributed by atoms with Crippen LogP contribution in [0, 0.1) is 0 Å². The summed E-state index contributed by atoms with van der Waals surface area (Å²) in [5.74, 6) is -1.84. The molecule has 0 aliphatic carbocycles. The van der Waals surface area contributed by atoms with E-state index < -0.39 is 11.9 Å². The fraction of sp³-hybridized carbons (Fsp3) is 0.222. The Morgan fingerprint density at radius 2 is 1.92 bits per heavy atom. The van der Waals surface area contributed by atoms with Crippen molar-refractivity contribution in [1.29, 1.82) is 0 Å². The normalized spacial score (nSPS) is 12.5. The lowest BCUT2D eigenvalue weighted by molar-refractivity contribution is -0.139. The minimum absolute atomic E-state index is 0.378. The van der Waals surface area contributed by atoms with E-state index in [-0.39, 0.29) is 6.61 Å². The number of benzene rings is 1. The van der Waals surface area contributed by atoms with Gasteiger partial charge >= 0.3 is 5.97 Å². The van der Waals surface area contributed by atoms with Gasteiger partial charge in [-0.3, -0.25) is 4.79 Å². The average Bonchev–Trinajstić information content (AvgIpc) is 2.09. The largest absolute Gasteiger partial charge is 0.481 e. The van der Waals surface area contributed by atoms with Gasteiger partial charge in [0, 0.05) is 4.47 Å². The fourth-order valence-corrected chi connectivity index (χ4v) is 1.29. The van der Waals surface area contributed by atoms with E-state index in [9.17, 15) is 4.79 Å². The molecule has 0 aliphatic rings. The molecule has 0 aliphatic heterocycles. The Morgan fingerprint density at radius 1 is 1.38 bits per heavy atom. The minimum Gasteiger partial charge on any atom is -0.481 e. The topological polar surface area (TPSA) is 57.5 Å². The molecule has 70 valence electrons. The first-order valence-corrected chi connectivity index (χ1v) is 4.53. The smallest absolute Gasteiger partial charge is 0.313 e. The number of aliphatic hydroxyl groups is 1. The molecule has 0 saturated heterocycles. The van der Waals surface area contributed by atoms with Crippen LogP contribution < -0.4 is 0 Å². The molecule has 4 heteroatoms. The van der Waals surface area contributed by atoms with E-state index in [1.807, 2.05) is 0 Å². The van der Waals surface area contributed by atoms with E-state index in [4.69, 9.17) is 10.2 Å². The second-order valence-electron chi connectivity index (χ2n) is 2.62. The number of carboxylic acids is 1. The first-order chi connectivity index (χ1) is 6.15. The molecule has 0 bridgehead atoms. The molecule has 0 aromatic heterocycles. The van der Waals surface area contributed by atoms with E-state index in [0.29, 0.717) is 5.56 Å². The molecule has 3 nitrogen and oxygen atoms in total. The molecular formula is C9H9BrO3. The summed E-state index contributed by atoms with van der Waals surface area (Å²) < 4.78 is 0.887. The van der Waals surface area contributed by atoms with Crippen LogP contribution in [0.2, 0.25) is 0 Å². The van der Waals surface area contributed by atoms with Gasteiger partial charge in [-0.05, 0) is 17.7 Å². The maximum Gasteiger partial charge on any atom is 0.313 e. The zero-order valence-corrected chi connectivity index (χ0v) is 8.36. The third-order valence-electron chi connectivity index (χ3n) is 1.75. The lowest BCUT2D eigenvalue weighted by atomic mass is 10.0. The van der Waals surface area contributed by atoms with E-state index in [2.05, 4.69) is 15.9 Å². The predicted octanol–water partition coefficient (Wildman–Crippen LogP) is 1.61. The Kier molecular flexibility index (Phi) is 3.45. The van der Waals surface area contributed by atoms with Crippen molar-refractivity contribution in [1.82, 2.24) is 0 Å². The van der Waals surface area contributed by atoms with Gasteiger partial charge in [-0.1, -0.05) is 28.1 Å². The second kappa shape index (κ2) is 4.39. The summed E-state index contributed by atoms with van der Waals surface area (Å²) in [5.41, 5.74) is 0.609. The Bertz CT molecular complexity index is 294. The highest BCUT2D eigenvalue weighted by Crippen LogP contribution is 2.18. The standard InChI is InChI=1S/C9H9BrO3/c10-7-3-1-6(2-4-7)8(5-11)9(12)13/h1-4,8,11H,5H2,(H,12,13)/t8-/m1/s1. The first kappa shape index (κ1) is 10.2. The third kappa shape index (κ3) is 2.54. The number of hydrogen-bond acceptors (Lipinski definition) is 2. The molecule has 0 spiro atoms. The summed E-state index contributed by atoms with van der Waals surface area (Å²) in [7, 11) is 0. The van der Waals surface area contributed by atoms with Crippen molar-refractivity contribution >= 4 is 21.9 Å². The molecule has 2 N–H and O–H groups in total. The van der Waals surface area contributed by atoms with Gasteiger partial charge in [-0.25, -0.2) is 0 Å². The molecule has 0 saturated carbocycles. The highest BCUT2D eigenvalue weighted by atomic mass is 79.9. The number of rotatable bonds is 3. The van der Waals surface area contributed by atoms with Crippen LogP contribution in [-0.2, 0) is 4.79 Å². The lowest BCUT2D eigenvalue weighted by Crippen LogP contribution is -2.15. The third-order valence-corrected chi connectivity index (χ3v) is 2.28. The Morgan fingerprint density at radius 3 is 2.31 bits per heavy atom. The van der Waals surface area contributed by atoms with Gasteiger partial charge < -0.3 is 10.2 Å². The number of aliphatic carboxylic acids is 1. The molecule has 1 aromatic carbocycles. The van der Waals surface area contributed by atoms with Crippen molar-refractivity contribution in [2.75, 3.05) is 6.61 Å². The fourth-order valence-electron chi connectivity index (χ4n) is 1.02. The lowest BCUT2D eigenvalue weighted by Gasteiger charge is -2.08. The molecule has 0 heterocycles. The molecule has 0 amide bonds. The quantitative estimate of drug-likeness (QED) is 0.850. The van der Waals surface area contributed by atoms with Crippen LogP contribution in [0.15, 0.2) is 28.7 Å². The SMILES string of the molecule is O=C(O)[C@H](CO)c1ccc(Br)cc1. The van der Waals surface area contributed by atoms with Gasteiger partial charge in [0.2, 0.25) is 0 Å². The van der Waals surface area contributed by atoms with Gasteiger partial charge in [-0.15, -0.1) is 0 Å². The van der Waals surface area contributed by atoms with E-state index in [0.717, 1.165) is 4.47 Å². The van der Waals surface area contributed by atoms with Gasteiger partial charge in [-0.2, -0.15) is 0 Å². The van der Waals surface area contributed by atoms with Crippen LogP contribution in [0.3, 0.4) is 0 Å². The molecule has 13 heavy (non-hydrogen) atoms. The first-order valence-electron chi connectivity index (χ1n) is 3.74. The van der Waals surface area contributed by atoms with Crippen molar-refractivity contribution in [2.24, 2.45) is 0 Å². The van der Waals surface area contributed by atoms with Crippen molar-refractivity contribution in [3.8, 4) is 0 Å². The predicted molar refractivity (Wildman–Crippen MR) is 51.6 cm³/mol. The molecular weight excluding hydrogens is 236 g/mol. The summed E-state index contributed by atoms with van der Waals surface area (Å²) in [4.78, 5) is 10.6. The highest BCUT2D eigenvalue weighted by Gasteiger charge is 2.17. The Balaban J connectivity index is 2.92. The summed E-state index contributed by atoms with van der Waals surface area (Å²) >= 11 is 3.24.